The van der Waals surface area contributed by atoms with E-state index in [1.165, 1.54) is 19.3 Å². The Morgan fingerprint density at radius 2 is 1.84 bits per heavy atom. The van der Waals surface area contributed by atoms with Crippen molar-refractivity contribution in [1.82, 2.24) is 14.6 Å². The summed E-state index contributed by atoms with van der Waals surface area (Å²) < 4.78 is 26.9. The van der Waals surface area contributed by atoms with Crippen LogP contribution in [0.3, 0.4) is 0 Å². The van der Waals surface area contributed by atoms with Crippen LogP contribution in [-0.4, -0.2) is 62.1 Å². The first-order valence-corrected chi connectivity index (χ1v) is 13.5. The Balaban J connectivity index is 1.32. The zero-order valence-electron chi connectivity index (χ0n) is 18.8. The topological polar surface area (TPSA) is 82.6 Å². The van der Waals surface area contributed by atoms with E-state index < -0.39 is 10.0 Å². The minimum absolute atomic E-state index is 0.0840. The zero-order valence-corrected chi connectivity index (χ0v) is 19.7. The van der Waals surface area contributed by atoms with Crippen molar-refractivity contribution in [2.24, 2.45) is 11.8 Å². The Bertz CT molecular complexity index is 771. The highest BCUT2D eigenvalue weighted by atomic mass is 32.2. The van der Waals surface area contributed by atoms with Crippen LogP contribution in [0.5, 0.6) is 0 Å². The van der Waals surface area contributed by atoms with E-state index in [0.29, 0.717) is 39.1 Å². The Labute approximate surface area is 187 Å². The average molecular weight is 451 g/mol. The third kappa shape index (κ3) is 7.17. The van der Waals surface area contributed by atoms with Crippen LogP contribution in [0.15, 0.2) is 24.4 Å². The fourth-order valence-corrected chi connectivity index (χ4v) is 6.17. The van der Waals surface area contributed by atoms with Gasteiger partial charge in [0.05, 0.1) is 5.75 Å². The third-order valence-electron chi connectivity index (χ3n) is 6.67. The van der Waals surface area contributed by atoms with Crippen molar-refractivity contribution in [3.05, 3.63) is 24.4 Å². The standard InChI is InChI=1S/C23H38N4O3S/c1-2-3-7-20-9-11-21(12-10-20)23(28)25-14-6-19-31(29,30)27-17-15-26(16-18-27)22-8-4-5-13-24-22/h4-5,8,13,20-21H,2-3,6-7,9-12,14-19H2,1H3,(H,25,28). The second kappa shape index (κ2) is 11.8. The van der Waals surface area contributed by atoms with E-state index in [9.17, 15) is 13.2 Å². The van der Waals surface area contributed by atoms with Gasteiger partial charge in [0.15, 0.2) is 0 Å². The van der Waals surface area contributed by atoms with Crippen molar-refractivity contribution in [1.29, 1.82) is 0 Å². The molecule has 0 atom stereocenters. The fourth-order valence-electron chi connectivity index (χ4n) is 4.68. The van der Waals surface area contributed by atoms with Crippen molar-refractivity contribution < 1.29 is 13.2 Å². The number of pyridine rings is 1. The van der Waals surface area contributed by atoms with Gasteiger partial charge < -0.3 is 10.2 Å². The zero-order chi connectivity index (χ0) is 22.1. The van der Waals surface area contributed by atoms with Gasteiger partial charge in [0.1, 0.15) is 5.82 Å². The van der Waals surface area contributed by atoms with Crippen LogP contribution in [0.4, 0.5) is 5.82 Å². The lowest BCUT2D eigenvalue weighted by Gasteiger charge is -2.34. The van der Waals surface area contributed by atoms with Gasteiger partial charge in [-0.25, -0.2) is 13.4 Å². The SMILES string of the molecule is CCCCC1CCC(C(=O)NCCCS(=O)(=O)N2CCN(c3ccccn3)CC2)CC1. The molecule has 1 amide bonds. The molecule has 7 nitrogen and oxygen atoms in total. The molecule has 2 heterocycles. The van der Waals surface area contributed by atoms with Gasteiger partial charge >= 0.3 is 0 Å². The van der Waals surface area contributed by atoms with Crippen molar-refractivity contribution >= 4 is 21.7 Å². The second-order valence-electron chi connectivity index (χ2n) is 8.89. The van der Waals surface area contributed by atoms with Crippen LogP contribution >= 0.6 is 0 Å². The predicted molar refractivity (Wildman–Crippen MR) is 124 cm³/mol. The number of rotatable bonds is 10. The molecule has 1 aromatic rings. The van der Waals surface area contributed by atoms with Gasteiger partial charge in [0, 0.05) is 44.8 Å². The summed E-state index contributed by atoms with van der Waals surface area (Å²) >= 11 is 0. The van der Waals surface area contributed by atoms with Gasteiger partial charge in [-0.05, 0) is 50.2 Å². The van der Waals surface area contributed by atoms with Crippen LogP contribution in [0.1, 0.15) is 58.3 Å². The summed E-state index contributed by atoms with van der Waals surface area (Å²) in [5.74, 6) is 1.97. The first kappa shape index (κ1) is 24.0. The quantitative estimate of drug-likeness (QED) is 0.554. The molecular weight excluding hydrogens is 412 g/mol. The number of carbonyl (C=O) groups is 1. The summed E-state index contributed by atoms with van der Waals surface area (Å²) in [5.41, 5.74) is 0. The molecule has 1 aliphatic carbocycles. The molecule has 1 saturated carbocycles. The Hall–Kier alpha value is -1.67. The molecule has 0 radical (unpaired) electrons. The minimum Gasteiger partial charge on any atom is -0.356 e. The number of anilines is 1. The number of piperazine rings is 1. The Morgan fingerprint density at radius 1 is 1.10 bits per heavy atom. The van der Waals surface area contributed by atoms with Crippen molar-refractivity contribution in [2.45, 2.75) is 58.3 Å². The first-order chi connectivity index (χ1) is 15.0. The molecule has 3 rings (SSSR count). The smallest absolute Gasteiger partial charge is 0.223 e. The van der Waals surface area contributed by atoms with Crippen molar-refractivity contribution in [3.63, 3.8) is 0 Å². The number of unbranched alkanes of at least 4 members (excludes halogenated alkanes) is 1. The van der Waals surface area contributed by atoms with Crippen LogP contribution in [0, 0.1) is 11.8 Å². The van der Waals surface area contributed by atoms with E-state index in [0.717, 1.165) is 37.4 Å². The summed E-state index contributed by atoms with van der Waals surface area (Å²) in [6, 6.07) is 5.77. The molecule has 0 spiro atoms. The normalized spacial score (nSPS) is 22.9. The maximum absolute atomic E-state index is 12.7. The lowest BCUT2D eigenvalue weighted by Crippen LogP contribution is -2.49. The second-order valence-corrected chi connectivity index (χ2v) is 11.0. The number of nitrogens with zero attached hydrogens (tertiary/aromatic N) is 3. The van der Waals surface area contributed by atoms with Crippen LogP contribution in [0.2, 0.25) is 0 Å². The van der Waals surface area contributed by atoms with E-state index in [2.05, 4.69) is 22.1 Å². The van der Waals surface area contributed by atoms with Gasteiger partial charge in [-0.3, -0.25) is 4.79 Å². The molecule has 31 heavy (non-hydrogen) atoms. The van der Waals surface area contributed by atoms with Crippen molar-refractivity contribution in [2.75, 3.05) is 43.4 Å². The van der Waals surface area contributed by atoms with Gasteiger partial charge in [-0.1, -0.05) is 32.3 Å². The number of hydrogen-bond acceptors (Lipinski definition) is 5. The molecule has 0 unspecified atom stereocenters. The number of hydrogen-bond donors (Lipinski definition) is 1. The van der Waals surface area contributed by atoms with E-state index in [1.807, 2.05) is 18.2 Å². The van der Waals surface area contributed by atoms with Crippen molar-refractivity contribution in [3.8, 4) is 0 Å². The number of aromatic nitrogens is 1. The van der Waals surface area contributed by atoms with Crippen LogP contribution in [-0.2, 0) is 14.8 Å². The maximum Gasteiger partial charge on any atom is 0.223 e. The lowest BCUT2D eigenvalue weighted by molar-refractivity contribution is -0.126. The molecule has 174 valence electrons. The molecule has 1 N–H and O–H groups in total. The van der Waals surface area contributed by atoms with Gasteiger partial charge in [-0.2, -0.15) is 4.31 Å². The summed E-state index contributed by atoms with van der Waals surface area (Å²) in [6.07, 6.45) is 10.3. The van der Waals surface area contributed by atoms with Gasteiger partial charge in [0.2, 0.25) is 15.9 Å². The minimum atomic E-state index is -3.29. The monoisotopic (exact) mass is 450 g/mol. The number of nitrogens with one attached hydrogen (secondary N) is 1. The molecule has 0 bridgehead atoms. The number of sulfonamides is 1. The molecular formula is C23H38N4O3S. The fraction of sp³-hybridized carbons (Fsp3) is 0.739. The first-order valence-electron chi connectivity index (χ1n) is 11.9. The molecule has 1 aromatic heterocycles. The van der Waals surface area contributed by atoms with Gasteiger partial charge in [-0.15, -0.1) is 0 Å². The third-order valence-corrected chi connectivity index (χ3v) is 8.62. The molecule has 2 aliphatic rings. The highest BCUT2D eigenvalue weighted by Crippen LogP contribution is 2.31. The van der Waals surface area contributed by atoms with E-state index in [4.69, 9.17) is 0 Å². The summed E-state index contributed by atoms with van der Waals surface area (Å²) in [6.45, 7) is 4.91. The Morgan fingerprint density at radius 3 is 2.48 bits per heavy atom. The highest BCUT2D eigenvalue weighted by molar-refractivity contribution is 7.89. The highest BCUT2D eigenvalue weighted by Gasteiger charge is 2.28. The summed E-state index contributed by atoms with van der Waals surface area (Å²) in [7, 11) is -3.29. The van der Waals surface area contributed by atoms with Crippen LogP contribution < -0.4 is 10.2 Å². The average Bonchev–Trinajstić information content (AvgIpc) is 2.81. The molecule has 2 fully saturated rings. The summed E-state index contributed by atoms with van der Waals surface area (Å²) in [4.78, 5) is 18.9. The number of carbonyl (C=O) groups excluding carboxylic acids is 1. The van der Waals surface area contributed by atoms with E-state index >= 15 is 0 Å². The molecule has 1 saturated heterocycles. The number of amides is 1. The molecule has 0 aromatic carbocycles. The lowest BCUT2D eigenvalue weighted by atomic mass is 9.79. The van der Waals surface area contributed by atoms with Crippen LogP contribution in [0.25, 0.3) is 0 Å². The molecule has 8 heteroatoms. The summed E-state index contributed by atoms with van der Waals surface area (Å²) in [5, 5.41) is 2.98. The van der Waals surface area contributed by atoms with E-state index in [-0.39, 0.29) is 17.6 Å². The molecule has 1 aliphatic heterocycles. The predicted octanol–water partition coefficient (Wildman–Crippen LogP) is 3.04. The Kier molecular flexibility index (Phi) is 9.14. The maximum atomic E-state index is 12.7. The van der Waals surface area contributed by atoms with Gasteiger partial charge in [0.25, 0.3) is 0 Å². The largest absolute Gasteiger partial charge is 0.356 e. The van der Waals surface area contributed by atoms with E-state index in [1.54, 1.807) is 10.5 Å².